The molecule has 1 heterocycles. The largest absolute Gasteiger partial charge is 0.395 e. The van der Waals surface area contributed by atoms with E-state index in [4.69, 9.17) is 5.11 Å². The van der Waals surface area contributed by atoms with E-state index in [0.29, 0.717) is 0 Å². The molecular formula is C10H15N3O3S. The molecule has 1 rings (SSSR count). The van der Waals surface area contributed by atoms with E-state index in [2.05, 4.69) is 15.5 Å². The molecular weight excluding hydrogens is 242 g/mol. The normalized spacial score (nSPS) is 14.1. The quantitative estimate of drug-likeness (QED) is 0.668. The van der Waals surface area contributed by atoms with E-state index in [1.54, 1.807) is 6.92 Å². The van der Waals surface area contributed by atoms with Gasteiger partial charge in [-0.1, -0.05) is 0 Å². The van der Waals surface area contributed by atoms with Crippen LogP contribution in [0.1, 0.15) is 17.4 Å². The van der Waals surface area contributed by atoms with Crippen LogP contribution < -0.4 is 10.9 Å². The summed E-state index contributed by atoms with van der Waals surface area (Å²) in [5.74, 6) is -0.374. The van der Waals surface area contributed by atoms with Gasteiger partial charge in [-0.2, -0.15) is 16.9 Å². The van der Waals surface area contributed by atoms with Crippen molar-refractivity contribution in [2.75, 3.05) is 12.9 Å². The predicted molar refractivity (Wildman–Crippen MR) is 66.2 cm³/mol. The standard InChI is InChI=1S/C10H15N3O3S/c1-6(8(5-14)17-2)11-10(16)7-3-4-9(15)13-12-7/h3-4,6,8,14H,5H2,1-2H3,(H,11,16)(H,13,15). The monoisotopic (exact) mass is 257 g/mol. The van der Waals surface area contributed by atoms with Gasteiger partial charge in [-0.05, 0) is 19.2 Å². The van der Waals surface area contributed by atoms with E-state index in [-0.39, 0.29) is 35.1 Å². The molecule has 17 heavy (non-hydrogen) atoms. The summed E-state index contributed by atoms with van der Waals surface area (Å²) in [6, 6.07) is 2.41. The summed E-state index contributed by atoms with van der Waals surface area (Å²) in [6.45, 7) is 1.79. The van der Waals surface area contributed by atoms with Crippen LogP contribution in [-0.2, 0) is 0 Å². The average molecular weight is 257 g/mol. The topological polar surface area (TPSA) is 95.1 Å². The Labute approximate surface area is 103 Å². The van der Waals surface area contributed by atoms with Gasteiger partial charge in [-0.15, -0.1) is 0 Å². The van der Waals surface area contributed by atoms with Gasteiger partial charge in [0.25, 0.3) is 11.5 Å². The van der Waals surface area contributed by atoms with E-state index in [1.807, 2.05) is 6.26 Å². The Bertz CT molecular complexity index is 411. The van der Waals surface area contributed by atoms with E-state index >= 15 is 0 Å². The molecule has 2 unspecified atom stereocenters. The molecule has 3 N–H and O–H groups in total. The molecule has 0 aliphatic rings. The number of thioether (sulfide) groups is 1. The van der Waals surface area contributed by atoms with Crippen LogP contribution in [0.2, 0.25) is 0 Å². The molecule has 0 bridgehead atoms. The van der Waals surface area contributed by atoms with Crippen molar-refractivity contribution in [3.05, 3.63) is 28.2 Å². The van der Waals surface area contributed by atoms with E-state index in [0.717, 1.165) is 0 Å². The number of aliphatic hydroxyl groups excluding tert-OH is 1. The van der Waals surface area contributed by atoms with Crippen molar-refractivity contribution in [3.8, 4) is 0 Å². The summed E-state index contributed by atoms with van der Waals surface area (Å²) >= 11 is 1.47. The number of H-pyrrole nitrogens is 1. The molecule has 0 fully saturated rings. The number of hydrogen-bond donors (Lipinski definition) is 3. The first kappa shape index (κ1) is 13.7. The van der Waals surface area contributed by atoms with E-state index in [1.165, 1.54) is 23.9 Å². The lowest BCUT2D eigenvalue weighted by Crippen LogP contribution is -2.41. The second kappa shape index (κ2) is 6.41. The van der Waals surface area contributed by atoms with Crippen LogP contribution >= 0.6 is 11.8 Å². The van der Waals surface area contributed by atoms with Gasteiger partial charge in [-0.25, -0.2) is 5.10 Å². The molecule has 1 aromatic rings. The molecule has 0 aliphatic heterocycles. The maximum Gasteiger partial charge on any atom is 0.271 e. The number of aromatic amines is 1. The summed E-state index contributed by atoms with van der Waals surface area (Å²) in [5.41, 5.74) is -0.207. The summed E-state index contributed by atoms with van der Waals surface area (Å²) in [7, 11) is 0. The molecule has 0 aromatic carbocycles. The Kier molecular flexibility index (Phi) is 5.17. The maximum atomic E-state index is 11.7. The van der Waals surface area contributed by atoms with E-state index in [9.17, 15) is 9.59 Å². The number of carbonyl (C=O) groups is 1. The van der Waals surface area contributed by atoms with Crippen LogP contribution in [-0.4, -0.2) is 45.4 Å². The zero-order chi connectivity index (χ0) is 12.8. The Morgan fingerprint density at radius 1 is 1.65 bits per heavy atom. The fourth-order valence-corrected chi connectivity index (χ4v) is 1.91. The third-order valence-corrected chi connectivity index (χ3v) is 3.47. The van der Waals surface area contributed by atoms with Gasteiger partial charge in [-0.3, -0.25) is 9.59 Å². The molecule has 0 spiro atoms. The first-order chi connectivity index (χ1) is 8.08. The highest BCUT2D eigenvalue weighted by Crippen LogP contribution is 2.10. The number of amides is 1. The molecule has 0 radical (unpaired) electrons. The summed E-state index contributed by atoms with van der Waals surface area (Å²) in [5, 5.41) is 17.5. The zero-order valence-electron chi connectivity index (χ0n) is 9.64. The molecule has 94 valence electrons. The number of nitrogens with one attached hydrogen (secondary N) is 2. The third kappa shape index (κ3) is 3.86. The van der Waals surface area contributed by atoms with Gasteiger partial charge >= 0.3 is 0 Å². The van der Waals surface area contributed by atoms with Crippen molar-refractivity contribution in [2.24, 2.45) is 0 Å². The number of carbonyl (C=O) groups excluding carboxylic acids is 1. The Balaban J connectivity index is 2.66. The van der Waals surface area contributed by atoms with Gasteiger partial charge in [0.2, 0.25) is 0 Å². The number of rotatable bonds is 5. The number of aromatic nitrogens is 2. The summed E-state index contributed by atoms with van der Waals surface area (Å²) < 4.78 is 0. The zero-order valence-corrected chi connectivity index (χ0v) is 10.5. The molecule has 0 saturated carbocycles. The third-order valence-electron chi connectivity index (χ3n) is 2.31. The van der Waals surface area contributed by atoms with Crippen molar-refractivity contribution in [2.45, 2.75) is 18.2 Å². The van der Waals surface area contributed by atoms with Gasteiger partial charge < -0.3 is 10.4 Å². The minimum atomic E-state index is -0.374. The smallest absolute Gasteiger partial charge is 0.271 e. The van der Waals surface area contributed by atoms with Crippen LogP contribution in [0.4, 0.5) is 0 Å². The highest BCUT2D eigenvalue weighted by atomic mass is 32.2. The number of nitrogens with zero attached hydrogens (tertiary/aromatic N) is 1. The summed E-state index contributed by atoms with van der Waals surface area (Å²) in [6.07, 6.45) is 1.86. The van der Waals surface area contributed by atoms with Crippen molar-refractivity contribution >= 4 is 17.7 Å². The summed E-state index contributed by atoms with van der Waals surface area (Å²) in [4.78, 5) is 22.5. The van der Waals surface area contributed by atoms with Crippen LogP contribution in [0.3, 0.4) is 0 Å². The van der Waals surface area contributed by atoms with Gasteiger partial charge in [0, 0.05) is 17.4 Å². The van der Waals surface area contributed by atoms with Crippen LogP contribution in [0.25, 0.3) is 0 Å². The molecule has 6 nitrogen and oxygen atoms in total. The van der Waals surface area contributed by atoms with Gasteiger partial charge in [0.05, 0.1) is 6.61 Å². The molecule has 0 saturated heterocycles. The maximum absolute atomic E-state index is 11.7. The van der Waals surface area contributed by atoms with Crippen LogP contribution in [0.15, 0.2) is 16.9 Å². The lowest BCUT2D eigenvalue weighted by Gasteiger charge is -2.20. The number of aliphatic hydroxyl groups is 1. The lowest BCUT2D eigenvalue weighted by molar-refractivity contribution is 0.0929. The second-order valence-electron chi connectivity index (χ2n) is 3.53. The Hall–Kier alpha value is -1.34. The molecule has 7 heteroatoms. The van der Waals surface area contributed by atoms with Crippen molar-refractivity contribution in [3.63, 3.8) is 0 Å². The SMILES string of the molecule is CSC(CO)C(C)NC(=O)c1ccc(=O)[nH]n1. The molecule has 2 atom stereocenters. The van der Waals surface area contributed by atoms with Crippen molar-refractivity contribution < 1.29 is 9.90 Å². The predicted octanol–water partition coefficient (Wildman–Crippen LogP) is -0.388. The lowest BCUT2D eigenvalue weighted by atomic mass is 10.2. The molecule has 1 amide bonds. The average Bonchev–Trinajstić information content (AvgIpc) is 2.31. The molecule has 0 aliphatic carbocycles. The highest BCUT2D eigenvalue weighted by Gasteiger charge is 2.18. The van der Waals surface area contributed by atoms with Crippen molar-refractivity contribution in [1.82, 2.24) is 15.5 Å². The number of hydrogen-bond acceptors (Lipinski definition) is 5. The first-order valence-corrected chi connectivity index (χ1v) is 6.37. The Morgan fingerprint density at radius 2 is 2.35 bits per heavy atom. The van der Waals surface area contributed by atoms with Crippen LogP contribution in [0, 0.1) is 0 Å². The van der Waals surface area contributed by atoms with Gasteiger partial charge in [0.1, 0.15) is 5.69 Å². The van der Waals surface area contributed by atoms with Gasteiger partial charge in [0.15, 0.2) is 0 Å². The highest BCUT2D eigenvalue weighted by molar-refractivity contribution is 7.99. The fraction of sp³-hybridized carbons (Fsp3) is 0.500. The minimum absolute atomic E-state index is 0.0122. The van der Waals surface area contributed by atoms with E-state index < -0.39 is 0 Å². The van der Waals surface area contributed by atoms with Crippen molar-refractivity contribution in [1.29, 1.82) is 0 Å². The second-order valence-corrected chi connectivity index (χ2v) is 4.60. The first-order valence-electron chi connectivity index (χ1n) is 5.08. The Morgan fingerprint density at radius 3 is 2.82 bits per heavy atom. The minimum Gasteiger partial charge on any atom is -0.395 e. The fourth-order valence-electron chi connectivity index (χ4n) is 1.28. The van der Waals surface area contributed by atoms with Crippen LogP contribution in [0.5, 0.6) is 0 Å². The molecule has 1 aromatic heterocycles.